The molecule has 0 heterocycles. The van der Waals surface area contributed by atoms with Crippen molar-refractivity contribution in [3.8, 4) is 23.0 Å². The minimum absolute atomic E-state index is 0.0237. The van der Waals surface area contributed by atoms with Gasteiger partial charge in [-0.3, -0.25) is 9.59 Å². The van der Waals surface area contributed by atoms with Crippen LogP contribution < -0.4 is 32.4 Å². The Kier molecular flexibility index (Phi) is 4.83. The highest BCUT2D eigenvalue weighted by molar-refractivity contribution is 6.35. The standard InChI is InChI=1S/C26H20N4O4/c27-15-11-17(33-13-7-3-1-4-8-13)23(29)21-19(15)25(31)20-16(28)12-18(24(30)22(20)26(21)32)34-14-9-5-2-6-10-14/h1-12H,27-30H2. The maximum Gasteiger partial charge on any atom is 0.199 e. The molecule has 0 amide bonds. The summed E-state index contributed by atoms with van der Waals surface area (Å²) in [5.74, 6) is 0.146. The monoisotopic (exact) mass is 452 g/mol. The van der Waals surface area contributed by atoms with Gasteiger partial charge in [0.15, 0.2) is 23.1 Å². The summed E-state index contributed by atoms with van der Waals surface area (Å²) in [6.45, 7) is 0. The second-order valence-electron chi connectivity index (χ2n) is 7.74. The average Bonchev–Trinajstić information content (AvgIpc) is 2.83. The number of anilines is 4. The normalized spacial score (nSPS) is 12.1. The molecule has 168 valence electrons. The third kappa shape index (κ3) is 3.25. The number of para-hydroxylation sites is 2. The number of fused-ring (bicyclic) bond motifs is 2. The molecule has 8 N–H and O–H groups in total. The van der Waals surface area contributed by atoms with Crippen molar-refractivity contribution in [1.82, 2.24) is 0 Å². The Balaban J connectivity index is 1.66. The molecule has 0 saturated carbocycles. The first kappa shape index (κ1) is 20.9. The third-order valence-corrected chi connectivity index (χ3v) is 5.57. The van der Waals surface area contributed by atoms with Crippen LogP contribution in [0, 0.1) is 0 Å². The number of ether oxygens (including phenoxy) is 2. The van der Waals surface area contributed by atoms with Crippen molar-refractivity contribution in [1.29, 1.82) is 0 Å². The van der Waals surface area contributed by atoms with Crippen LogP contribution in [0.15, 0.2) is 72.8 Å². The van der Waals surface area contributed by atoms with Crippen LogP contribution in [0.2, 0.25) is 0 Å². The van der Waals surface area contributed by atoms with E-state index in [4.69, 9.17) is 32.4 Å². The topological polar surface area (TPSA) is 157 Å². The van der Waals surface area contributed by atoms with Crippen molar-refractivity contribution >= 4 is 34.3 Å². The molecule has 0 saturated heterocycles. The van der Waals surface area contributed by atoms with E-state index < -0.39 is 11.6 Å². The number of benzene rings is 4. The van der Waals surface area contributed by atoms with E-state index in [1.54, 1.807) is 48.5 Å². The molecule has 4 aromatic carbocycles. The second kappa shape index (κ2) is 7.86. The first-order chi connectivity index (χ1) is 16.4. The highest BCUT2D eigenvalue weighted by Crippen LogP contribution is 2.46. The number of hydrogen-bond donors (Lipinski definition) is 4. The largest absolute Gasteiger partial charge is 0.455 e. The quantitative estimate of drug-likeness (QED) is 0.293. The van der Waals surface area contributed by atoms with Crippen LogP contribution in [0.25, 0.3) is 0 Å². The van der Waals surface area contributed by atoms with Gasteiger partial charge in [0.1, 0.15) is 11.5 Å². The van der Waals surface area contributed by atoms with E-state index in [1.807, 2.05) is 12.1 Å². The number of rotatable bonds is 4. The fourth-order valence-corrected chi connectivity index (χ4v) is 4.00. The smallest absolute Gasteiger partial charge is 0.199 e. The summed E-state index contributed by atoms with van der Waals surface area (Å²) >= 11 is 0. The number of nitrogens with two attached hydrogens (primary N) is 4. The van der Waals surface area contributed by atoms with E-state index in [9.17, 15) is 9.59 Å². The van der Waals surface area contributed by atoms with E-state index in [0.717, 1.165) is 0 Å². The Morgan fingerprint density at radius 2 is 0.853 bits per heavy atom. The Bertz CT molecular complexity index is 1360. The fraction of sp³-hybridized carbons (Fsp3) is 0. The minimum atomic E-state index is -0.588. The molecule has 8 nitrogen and oxygen atoms in total. The van der Waals surface area contributed by atoms with Crippen molar-refractivity contribution in [3.05, 3.63) is 95.1 Å². The maximum atomic E-state index is 13.7. The molecule has 1 aliphatic carbocycles. The van der Waals surface area contributed by atoms with E-state index in [2.05, 4.69) is 0 Å². The summed E-state index contributed by atoms with van der Waals surface area (Å²) in [5, 5.41) is 0. The van der Waals surface area contributed by atoms with E-state index in [1.165, 1.54) is 12.1 Å². The molecule has 5 rings (SSSR count). The van der Waals surface area contributed by atoms with Gasteiger partial charge in [0.25, 0.3) is 0 Å². The van der Waals surface area contributed by atoms with Gasteiger partial charge in [-0.15, -0.1) is 0 Å². The molecule has 0 radical (unpaired) electrons. The molecular weight excluding hydrogens is 432 g/mol. The van der Waals surface area contributed by atoms with Gasteiger partial charge < -0.3 is 32.4 Å². The van der Waals surface area contributed by atoms with Gasteiger partial charge in [0.05, 0.1) is 33.6 Å². The first-order valence-corrected chi connectivity index (χ1v) is 10.4. The first-order valence-electron chi connectivity index (χ1n) is 10.4. The molecule has 1 aliphatic rings. The molecule has 4 aromatic rings. The van der Waals surface area contributed by atoms with Crippen molar-refractivity contribution in [2.75, 3.05) is 22.9 Å². The SMILES string of the molecule is Nc1cc(Oc2ccccc2)c(N)c2c1C(=O)c1c(N)cc(Oc3ccccc3)c(N)c1C2=O. The number of nitrogen functional groups attached to an aromatic ring is 4. The zero-order valence-corrected chi connectivity index (χ0v) is 17.9. The van der Waals surface area contributed by atoms with Crippen LogP contribution in [0.1, 0.15) is 31.8 Å². The summed E-state index contributed by atoms with van der Waals surface area (Å²) in [7, 11) is 0. The van der Waals surface area contributed by atoms with Crippen molar-refractivity contribution in [2.45, 2.75) is 0 Å². The molecule has 0 aliphatic heterocycles. The zero-order valence-electron chi connectivity index (χ0n) is 17.9. The van der Waals surface area contributed by atoms with Crippen molar-refractivity contribution < 1.29 is 19.1 Å². The molecule has 0 atom stereocenters. The Morgan fingerprint density at radius 3 is 1.24 bits per heavy atom. The number of ketones is 2. The number of carbonyl (C=O) groups excluding carboxylic acids is 2. The van der Waals surface area contributed by atoms with Crippen LogP contribution in [0.4, 0.5) is 22.7 Å². The summed E-state index contributed by atoms with van der Waals surface area (Å²) in [6, 6.07) is 20.6. The van der Waals surface area contributed by atoms with Crippen LogP contribution >= 0.6 is 0 Å². The Morgan fingerprint density at radius 1 is 0.500 bits per heavy atom. The lowest BCUT2D eigenvalue weighted by Crippen LogP contribution is -2.26. The lowest BCUT2D eigenvalue weighted by molar-refractivity contribution is 0.0981. The predicted molar refractivity (Wildman–Crippen MR) is 130 cm³/mol. The van der Waals surface area contributed by atoms with Crippen LogP contribution in [-0.2, 0) is 0 Å². The van der Waals surface area contributed by atoms with Gasteiger partial charge in [-0.1, -0.05) is 36.4 Å². The van der Waals surface area contributed by atoms with Crippen LogP contribution in [0.3, 0.4) is 0 Å². The highest BCUT2D eigenvalue weighted by atomic mass is 16.5. The molecule has 34 heavy (non-hydrogen) atoms. The molecule has 8 heteroatoms. The fourth-order valence-electron chi connectivity index (χ4n) is 4.00. The van der Waals surface area contributed by atoms with E-state index >= 15 is 0 Å². The molecule has 0 spiro atoms. The zero-order chi connectivity index (χ0) is 24.0. The molecular formula is C26H20N4O4. The lowest BCUT2D eigenvalue weighted by atomic mass is 9.80. The second-order valence-corrected chi connectivity index (χ2v) is 7.74. The van der Waals surface area contributed by atoms with Crippen molar-refractivity contribution in [2.24, 2.45) is 0 Å². The molecule has 0 fully saturated rings. The third-order valence-electron chi connectivity index (χ3n) is 5.57. The Hall–Kier alpha value is -4.98. The van der Waals surface area contributed by atoms with Gasteiger partial charge in [-0.25, -0.2) is 0 Å². The van der Waals surface area contributed by atoms with Gasteiger partial charge >= 0.3 is 0 Å². The molecule has 0 unspecified atom stereocenters. The van der Waals surface area contributed by atoms with Gasteiger partial charge in [-0.2, -0.15) is 0 Å². The molecule has 0 bridgehead atoms. The van der Waals surface area contributed by atoms with Crippen LogP contribution in [-0.4, -0.2) is 11.6 Å². The average molecular weight is 452 g/mol. The number of carbonyl (C=O) groups is 2. The van der Waals surface area contributed by atoms with Crippen LogP contribution in [0.5, 0.6) is 23.0 Å². The van der Waals surface area contributed by atoms with Crippen molar-refractivity contribution in [3.63, 3.8) is 0 Å². The van der Waals surface area contributed by atoms with Gasteiger partial charge in [0.2, 0.25) is 0 Å². The molecule has 0 aromatic heterocycles. The maximum absolute atomic E-state index is 13.7. The summed E-state index contributed by atoms with van der Waals surface area (Å²) in [6.07, 6.45) is 0. The summed E-state index contributed by atoms with van der Waals surface area (Å²) < 4.78 is 11.7. The predicted octanol–water partition coefficient (Wildman–Crippen LogP) is 4.38. The highest BCUT2D eigenvalue weighted by Gasteiger charge is 2.38. The van der Waals surface area contributed by atoms with Gasteiger partial charge in [-0.05, 0) is 24.3 Å². The van der Waals surface area contributed by atoms with E-state index in [0.29, 0.717) is 11.5 Å². The Labute approximate surface area is 194 Å². The van der Waals surface area contributed by atoms with E-state index in [-0.39, 0.29) is 56.5 Å². The lowest BCUT2D eigenvalue weighted by Gasteiger charge is -2.25. The minimum Gasteiger partial charge on any atom is -0.455 e. The summed E-state index contributed by atoms with van der Waals surface area (Å²) in [4.78, 5) is 27.1. The van der Waals surface area contributed by atoms with Gasteiger partial charge in [0, 0.05) is 23.5 Å². The number of hydrogen-bond acceptors (Lipinski definition) is 8. The summed E-state index contributed by atoms with van der Waals surface area (Å²) in [5.41, 5.74) is 24.9.